The Hall–Kier alpha value is -2.08. The van der Waals surface area contributed by atoms with E-state index in [0.29, 0.717) is 19.0 Å². The maximum Gasteiger partial charge on any atom is 0.253 e. The number of aromatic nitrogens is 1. The minimum Gasteiger partial charge on any atom is -0.472 e. The van der Waals surface area contributed by atoms with Gasteiger partial charge in [0.1, 0.15) is 6.10 Å². The standard InChI is InChI=1S/C20H24BrN3O2/c1-3-23(4-2)16-9-7-15(8-10-16)20(25)24-13-11-17(14-24)26-19-18(21)6-5-12-22-19/h5-10,12,17H,3-4,11,13-14H2,1-2H3. The predicted octanol–water partition coefficient (Wildman–Crippen LogP) is 3.98. The fraction of sp³-hybridized carbons (Fsp3) is 0.400. The van der Waals surface area contributed by atoms with Crippen LogP contribution in [0.3, 0.4) is 0 Å². The van der Waals surface area contributed by atoms with Gasteiger partial charge < -0.3 is 14.5 Å². The summed E-state index contributed by atoms with van der Waals surface area (Å²) in [5, 5.41) is 0. The molecule has 6 heteroatoms. The van der Waals surface area contributed by atoms with Gasteiger partial charge in [-0.2, -0.15) is 0 Å². The molecule has 1 unspecified atom stereocenters. The number of carbonyl (C=O) groups excluding carboxylic acids is 1. The van der Waals surface area contributed by atoms with Gasteiger partial charge in [0, 0.05) is 43.5 Å². The number of likely N-dealkylation sites (tertiary alicyclic amines) is 1. The van der Waals surface area contributed by atoms with Crippen molar-refractivity contribution in [3.05, 3.63) is 52.6 Å². The van der Waals surface area contributed by atoms with Crippen molar-refractivity contribution in [2.45, 2.75) is 26.4 Å². The lowest BCUT2D eigenvalue weighted by Crippen LogP contribution is -2.31. The van der Waals surface area contributed by atoms with Crippen molar-refractivity contribution in [2.24, 2.45) is 0 Å². The van der Waals surface area contributed by atoms with Crippen molar-refractivity contribution in [1.29, 1.82) is 0 Å². The number of benzene rings is 1. The Morgan fingerprint density at radius 1 is 1.27 bits per heavy atom. The van der Waals surface area contributed by atoms with Gasteiger partial charge in [-0.15, -0.1) is 0 Å². The molecule has 1 fully saturated rings. The Bertz CT molecular complexity index is 747. The smallest absolute Gasteiger partial charge is 0.253 e. The lowest BCUT2D eigenvalue weighted by molar-refractivity contribution is 0.0771. The monoisotopic (exact) mass is 417 g/mol. The molecule has 0 spiro atoms. The van der Waals surface area contributed by atoms with Gasteiger partial charge in [-0.3, -0.25) is 4.79 Å². The number of amides is 1. The first-order valence-electron chi connectivity index (χ1n) is 9.03. The van der Waals surface area contributed by atoms with E-state index >= 15 is 0 Å². The second-order valence-electron chi connectivity index (χ2n) is 6.29. The van der Waals surface area contributed by atoms with E-state index in [1.54, 1.807) is 6.20 Å². The molecule has 1 aromatic carbocycles. The van der Waals surface area contributed by atoms with Crippen LogP contribution in [0.2, 0.25) is 0 Å². The second-order valence-corrected chi connectivity index (χ2v) is 7.14. The number of halogens is 1. The summed E-state index contributed by atoms with van der Waals surface area (Å²) < 4.78 is 6.77. The quantitative estimate of drug-likeness (QED) is 0.712. The summed E-state index contributed by atoms with van der Waals surface area (Å²) in [5.74, 6) is 0.637. The summed E-state index contributed by atoms with van der Waals surface area (Å²) in [6.45, 7) is 7.46. The summed E-state index contributed by atoms with van der Waals surface area (Å²) in [4.78, 5) is 21.1. The highest BCUT2D eigenvalue weighted by atomic mass is 79.9. The van der Waals surface area contributed by atoms with E-state index in [1.165, 1.54) is 0 Å². The van der Waals surface area contributed by atoms with Gasteiger partial charge in [-0.1, -0.05) is 0 Å². The Labute approximate surface area is 163 Å². The lowest BCUT2D eigenvalue weighted by Gasteiger charge is -2.22. The number of nitrogens with zero attached hydrogens (tertiary/aromatic N) is 3. The van der Waals surface area contributed by atoms with Crippen LogP contribution in [-0.2, 0) is 0 Å². The van der Waals surface area contributed by atoms with Crippen molar-refractivity contribution in [3.63, 3.8) is 0 Å². The molecule has 0 saturated carbocycles. The fourth-order valence-corrected chi connectivity index (χ4v) is 3.56. The van der Waals surface area contributed by atoms with Gasteiger partial charge in [-0.05, 0) is 66.2 Å². The van der Waals surface area contributed by atoms with E-state index in [1.807, 2.05) is 41.3 Å². The van der Waals surface area contributed by atoms with Crippen molar-refractivity contribution in [1.82, 2.24) is 9.88 Å². The predicted molar refractivity (Wildman–Crippen MR) is 107 cm³/mol. The zero-order chi connectivity index (χ0) is 18.5. The number of rotatable bonds is 6. The van der Waals surface area contributed by atoms with Gasteiger partial charge in [0.05, 0.1) is 11.0 Å². The summed E-state index contributed by atoms with van der Waals surface area (Å²) in [7, 11) is 0. The van der Waals surface area contributed by atoms with Gasteiger partial charge in [0.25, 0.3) is 5.91 Å². The van der Waals surface area contributed by atoms with Crippen LogP contribution in [0.5, 0.6) is 5.88 Å². The van der Waals surface area contributed by atoms with E-state index in [2.05, 4.69) is 39.7 Å². The maximum atomic E-state index is 12.8. The Morgan fingerprint density at radius 2 is 2.00 bits per heavy atom. The molecule has 0 N–H and O–H groups in total. The van der Waals surface area contributed by atoms with Crippen LogP contribution in [0.1, 0.15) is 30.6 Å². The van der Waals surface area contributed by atoms with Crippen molar-refractivity contribution >= 4 is 27.5 Å². The number of anilines is 1. The molecule has 3 rings (SSSR count). The topological polar surface area (TPSA) is 45.7 Å². The summed E-state index contributed by atoms with van der Waals surface area (Å²) in [6.07, 6.45) is 2.49. The van der Waals surface area contributed by atoms with Crippen LogP contribution in [-0.4, -0.2) is 48.1 Å². The van der Waals surface area contributed by atoms with E-state index in [0.717, 1.165) is 35.2 Å². The highest BCUT2D eigenvalue weighted by molar-refractivity contribution is 9.10. The lowest BCUT2D eigenvalue weighted by atomic mass is 10.1. The van der Waals surface area contributed by atoms with E-state index in [4.69, 9.17) is 4.74 Å². The van der Waals surface area contributed by atoms with Gasteiger partial charge in [0.2, 0.25) is 5.88 Å². The molecule has 2 aromatic rings. The third-order valence-electron chi connectivity index (χ3n) is 4.68. The normalized spacial score (nSPS) is 16.6. The Balaban J connectivity index is 1.61. The van der Waals surface area contributed by atoms with Gasteiger partial charge in [-0.25, -0.2) is 4.98 Å². The minimum absolute atomic E-state index is 0.0277. The molecular formula is C20H24BrN3O2. The molecule has 1 saturated heterocycles. The van der Waals surface area contributed by atoms with E-state index in [-0.39, 0.29) is 12.0 Å². The van der Waals surface area contributed by atoms with Crippen LogP contribution >= 0.6 is 15.9 Å². The summed E-state index contributed by atoms with van der Waals surface area (Å²) >= 11 is 3.44. The molecule has 2 heterocycles. The molecule has 1 amide bonds. The minimum atomic E-state index is -0.0277. The van der Waals surface area contributed by atoms with Crippen molar-refractivity contribution in [2.75, 3.05) is 31.1 Å². The number of carbonyl (C=O) groups is 1. The third kappa shape index (κ3) is 4.18. The third-order valence-corrected chi connectivity index (χ3v) is 5.28. The molecule has 26 heavy (non-hydrogen) atoms. The van der Waals surface area contributed by atoms with Gasteiger partial charge in [0.15, 0.2) is 0 Å². The van der Waals surface area contributed by atoms with E-state index in [9.17, 15) is 4.79 Å². The maximum absolute atomic E-state index is 12.8. The molecule has 5 nitrogen and oxygen atoms in total. The largest absolute Gasteiger partial charge is 0.472 e. The number of ether oxygens (including phenoxy) is 1. The first-order chi connectivity index (χ1) is 12.6. The van der Waals surface area contributed by atoms with E-state index < -0.39 is 0 Å². The van der Waals surface area contributed by atoms with Crippen LogP contribution in [0, 0.1) is 0 Å². The summed E-state index contributed by atoms with van der Waals surface area (Å²) in [5.41, 5.74) is 1.87. The molecule has 1 aliphatic heterocycles. The van der Waals surface area contributed by atoms with Crippen molar-refractivity contribution in [3.8, 4) is 5.88 Å². The van der Waals surface area contributed by atoms with Crippen LogP contribution in [0.4, 0.5) is 5.69 Å². The highest BCUT2D eigenvalue weighted by Gasteiger charge is 2.29. The SMILES string of the molecule is CCN(CC)c1ccc(C(=O)N2CCC(Oc3ncccc3Br)C2)cc1. The molecule has 0 bridgehead atoms. The summed E-state index contributed by atoms with van der Waals surface area (Å²) in [6, 6.07) is 11.6. The zero-order valence-electron chi connectivity index (χ0n) is 15.2. The molecule has 1 aromatic heterocycles. The van der Waals surface area contributed by atoms with Crippen LogP contribution in [0.15, 0.2) is 47.1 Å². The second kappa shape index (κ2) is 8.54. The Morgan fingerprint density at radius 3 is 2.65 bits per heavy atom. The molecule has 138 valence electrons. The average Bonchev–Trinajstić information content (AvgIpc) is 3.13. The first kappa shape index (κ1) is 18.7. The highest BCUT2D eigenvalue weighted by Crippen LogP contribution is 2.25. The number of hydrogen-bond acceptors (Lipinski definition) is 4. The van der Waals surface area contributed by atoms with Crippen LogP contribution in [0.25, 0.3) is 0 Å². The zero-order valence-corrected chi connectivity index (χ0v) is 16.8. The molecule has 0 aliphatic carbocycles. The average molecular weight is 418 g/mol. The number of pyridine rings is 1. The molecule has 0 radical (unpaired) electrons. The van der Waals surface area contributed by atoms with Gasteiger partial charge >= 0.3 is 0 Å². The number of hydrogen-bond donors (Lipinski definition) is 0. The Kier molecular flexibility index (Phi) is 6.14. The van der Waals surface area contributed by atoms with Crippen molar-refractivity contribution < 1.29 is 9.53 Å². The molecular weight excluding hydrogens is 394 g/mol. The molecule has 1 atom stereocenters. The first-order valence-corrected chi connectivity index (χ1v) is 9.83. The molecule has 1 aliphatic rings. The fourth-order valence-electron chi connectivity index (χ4n) is 3.21. The van der Waals surface area contributed by atoms with Crippen LogP contribution < -0.4 is 9.64 Å².